The van der Waals surface area contributed by atoms with Crippen LogP contribution in [-0.4, -0.2) is 38.4 Å². The predicted molar refractivity (Wildman–Crippen MR) is 120 cm³/mol. The molecular formula is C25H22FN3O4. The van der Waals surface area contributed by atoms with Gasteiger partial charge in [0.1, 0.15) is 36.2 Å². The number of phenols is 2. The maximum Gasteiger partial charge on any atom is 0.162 e. The Morgan fingerprint density at radius 2 is 1.73 bits per heavy atom. The minimum atomic E-state index is -0.344. The molecule has 5 rings (SSSR count). The lowest BCUT2D eigenvalue weighted by atomic mass is 9.99. The van der Waals surface area contributed by atoms with Gasteiger partial charge in [0.25, 0.3) is 0 Å². The molecule has 0 atom stereocenters. The van der Waals surface area contributed by atoms with Crippen LogP contribution in [-0.2, 0) is 13.0 Å². The molecule has 0 bridgehead atoms. The van der Waals surface area contributed by atoms with Crippen LogP contribution in [0, 0.1) is 5.82 Å². The van der Waals surface area contributed by atoms with Crippen LogP contribution in [0.2, 0.25) is 0 Å². The fraction of sp³-hybridized carbons (Fsp3) is 0.200. The summed E-state index contributed by atoms with van der Waals surface area (Å²) in [6.45, 7) is 2.97. The van der Waals surface area contributed by atoms with Crippen molar-refractivity contribution in [1.29, 1.82) is 0 Å². The van der Waals surface area contributed by atoms with E-state index in [1.165, 1.54) is 12.1 Å². The average molecular weight is 447 g/mol. The summed E-state index contributed by atoms with van der Waals surface area (Å²) in [5.74, 6) is 0.774. The van der Waals surface area contributed by atoms with Crippen molar-refractivity contribution in [2.24, 2.45) is 0 Å². The zero-order chi connectivity index (χ0) is 22.9. The SMILES string of the molecule is CCc1cc(-c2nnn(Cc3ccccc3F)c2-c2ccc3c(c2)OCCO3)c(O)cc1O. The first-order valence-corrected chi connectivity index (χ1v) is 10.7. The van der Waals surface area contributed by atoms with Crippen molar-refractivity contribution in [3.05, 3.63) is 71.5 Å². The van der Waals surface area contributed by atoms with E-state index in [0.29, 0.717) is 59.2 Å². The molecule has 0 spiro atoms. The standard InChI is InChI=1S/C25H22FN3O4/c1-2-15-11-18(21(31)13-20(15)30)24-25(16-7-8-22-23(12-16)33-10-9-32-22)29(28-27-24)14-17-5-3-4-6-19(17)26/h3-8,11-13,30-31H,2,9-10,14H2,1H3. The monoisotopic (exact) mass is 447 g/mol. The summed E-state index contributed by atoms with van der Waals surface area (Å²) >= 11 is 0. The van der Waals surface area contributed by atoms with Gasteiger partial charge >= 0.3 is 0 Å². The number of fused-ring (bicyclic) bond motifs is 1. The van der Waals surface area contributed by atoms with Crippen LogP contribution in [0.4, 0.5) is 4.39 Å². The van der Waals surface area contributed by atoms with Crippen molar-refractivity contribution >= 4 is 0 Å². The van der Waals surface area contributed by atoms with E-state index in [4.69, 9.17) is 9.47 Å². The number of aromatic nitrogens is 3. The summed E-state index contributed by atoms with van der Waals surface area (Å²) in [5, 5.41) is 29.4. The second-order valence-electron chi connectivity index (χ2n) is 7.75. The minimum absolute atomic E-state index is 0.0124. The van der Waals surface area contributed by atoms with Crippen LogP contribution in [0.25, 0.3) is 22.5 Å². The zero-order valence-corrected chi connectivity index (χ0v) is 18.0. The molecule has 0 saturated heterocycles. The normalized spacial score (nSPS) is 12.7. The van der Waals surface area contributed by atoms with E-state index in [0.717, 1.165) is 5.56 Å². The zero-order valence-electron chi connectivity index (χ0n) is 18.0. The summed E-state index contributed by atoms with van der Waals surface area (Å²) < 4.78 is 27.4. The van der Waals surface area contributed by atoms with Crippen LogP contribution >= 0.6 is 0 Å². The van der Waals surface area contributed by atoms with Gasteiger partial charge in [-0.1, -0.05) is 30.3 Å². The molecule has 8 heteroatoms. The summed E-state index contributed by atoms with van der Waals surface area (Å²) in [4.78, 5) is 0. The maximum absolute atomic E-state index is 14.4. The fourth-order valence-corrected chi connectivity index (χ4v) is 3.96. The second-order valence-corrected chi connectivity index (χ2v) is 7.75. The summed E-state index contributed by atoms with van der Waals surface area (Å²) in [7, 11) is 0. The molecule has 4 aromatic rings. The van der Waals surface area contributed by atoms with E-state index < -0.39 is 0 Å². The Morgan fingerprint density at radius 1 is 0.939 bits per heavy atom. The molecule has 0 radical (unpaired) electrons. The van der Waals surface area contributed by atoms with E-state index >= 15 is 0 Å². The van der Waals surface area contributed by atoms with Gasteiger partial charge in [0.2, 0.25) is 0 Å². The molecule has 0 fully saturated rings. The number of aromatic hydroxyl groups is 2. The van der Waals surface area contributed by atoms with Crippen LogP contribution in [0.3, 0.4) is 0 Å². The highest BCUT2D eigenvalue weighted by Crippen LogP contribution is 2.41. The first-order valence-electron chi connectivity index (χ1n) is 10.7. The number of nitrogens with zero attached hydrogens (tertiary/aromatic N) is 3. The molecule has 7 nitrogen and oxygen atoms in total. The van der Waals surface area contributed by atoms with Crippen LogP contribution in [0.5, 0.6) is 23.0 Å². The first-order chi connectivity index (χ1) is 16.0. The summed E-state index contributed by atoms with van der Waals surface area (Å²) in [6.07, 6.45) is 0.571. The quantitative estimate of drug-likeness (QED) is 0.467. The van der Waals surface area contributed by atoms with Crippen molar-refractivity contribution in [3.8, 4) is 45.5 Å². The smallest absolute Gasteiger partial charge is 0.162 e. The number of aryl methyl sites for hydroxylation is 1. The van der Waals surface area contributed by atoms with Crippen molar-refractivity contribution in [2.75, 3.05) is 13.2 Å². The number of benzene rings is 3. The molecule has 1 aliphatic heterocycles. The van der Waals surface area contributed by atoms with Gasteiger partial charge < -0.3 is 19.7 Å². The molecule has 0 saturated carbocycles. The first kappa shape index (κ1) is 20.8. The Labute approximate surface area is 189 Å². The van der Waals surface area contributed by atoms with E-state index in [1.54, 1.807) is 28.9 Å². The van der Waals surface area contributed by atoms with Gasteiger partial charge in [0.15, 0.2) is 11.5 Å². The van der Waals surface area contributed by atoms with E-state index in [1.807, 2.05) is 25.1 Å². The average Bonchev–Trinajstić information content (AvgIpc) is 3.23. The van der Waals surface area contributed by atoms with Crippen molar-refractivity contribution < 1.29 is 24.1 Å². The van der Waals surface area contributed by atoms with Crippen LogP contribution in [0.15, 0.2) is 54.6 Å². The Bertz CT molecular complexity index is 1340. The Kier molecular flexibility index (Phi) is 5.34. The fourth-order valence-electron chi connectivity index (χ4n) is 3.96. The third-order valence-corrected chi connectivity index (χ3v) is 5.66. The molecular weight excluding hydrogens is 425 g/mol. The summed E-state index contributed by atoms with van der Waals surface area (Å²) in [5.41, 5.74) is 3.26. The lowest BCUT2D eigenvalue weighted by Gasteiger charge is -2.19. The van der Waals surface area contributed by atoms with Gasteiger partial charge in [-0.2, -0.15) is 0 Å². The van der Waals surface area contributed by atoms with Crippen molar-refractivity contribution in [1.82, 2.24) is 15.0 Å². The molecule has 0 aliphatic carbocycles. The number of halogens is 1. The van der Waals surface area contributed by atoms with Gasteiger partial charge in [0.05, 0.1) is 12.2 Å². The molecule has 0 unspecified atom stereocenters. The predicted octanol–water partition coefficient (Wildman–Crippen LogP) is 4.54. The van der Waals surface area contributed by atoms with Gasteiger partial charge in [-0.15, -0.1) is 5.10 Å². The van der Waals surface area contributed by atoms with Crippen molar-refractivity contribution in [2.45, 2.75) is 19.9 Å². The Morgan fingerprint density at radius 3 is 2.52 bits per heavy atom. The molecule has 2 N–H and O–H groups in total. The maximum atomic E-state index is 14.4. The Balaban J connectivity index is 1.69. The number of hydrogen-bond donors (Lipinski definition) is 2. The Hall–Kier alpha value is -4.07. The molecule has 1 aromatic heterocycles. The van der Waals surface area contributed by atoms with Gasteiger partial charge in [0, 0.05) is 22.8 Å². The van der Waals surface area contributed by atoms with Gasteiger partial charge in [-0.3, -0.25) is 0 Å². The highest BCUT2D eigenvalue weighted by atomic mass is 19.1. The van der Waals surface area contributed by atoms with Crippen LogP contribution < -0.4 is 9.47 Å². The molecule has 33 heavy (non-hydrogen) atoms. The molecule has 0 amide bonds. The highest BCUT2D eigenvalue weighted by molar-refractivity contribution is 5.83. The van der Waals surface area contributed by atoms with E-state index in [2.05, 4.69) is 10.3 Å². The number of phenolic OH excluding ortho intramolecular Hbond substituents is 2. The van der Waals surface area contributed by atoms with Gasteiger partial charge in [-0.25, -0.2) is 9.07 Å². The van der Waals surface area contributed by atoms with E-state index in [-0.39, 0.29) is 23.9 Å². The third-order valence-electron chi connectivity index (χ3n) is 5.66. The van der Waals surface area contributed by atoms with Crippen LogP contribution in [0.1, 0.15) is 18.1 Å². The lowest BCUT2D eigenvalue weighted by Crippen LogP contribution is -2.15. The number of hydrogen-bond acceptors (Lipinski definition) is 6. The third kappa shape index (κ3) is 3.84. The molecule has 3 aromatic carbocycles. The lowest BCUT2D eigenvalue weighted by molar-refractivity contribution is 0.171. The topological polar surface area (TPSA) is 89.6 Å². The minimum Gasteiger partial charge on any atom is -0.508 e. The highest BCUT2D eigenvalue weighted by Gasteiger charge is 2.23. The van der Waals surface area contributed by atoms with Crippen molar-refractivity contribution in [3.63, 3.8) is 0 Å². The molecule has 1 aliphatic rings. The molecule has 168 valence electrons. The van der Waals surface area contributed by atoms with Gasteiger partial charge in [-0.05, 0) is 42.3 Å². The molecule has 2 heterocycles. The second kappa shape index (κ2) is 8.46. The van der Waals surface area contributed by atoms with E-state index in [9.17, 15) is 14.6 Å². The number of ether oxygens (including phenoxy) is 2. The largest absolute Gasteiger partial charge is 0.508 e. The number of rotatable bonds is 5. The summed E-state index contributed by atoms with van der Waals surface area (Å²) in [6, 6.07) is 15.0.